The highest BCUT2D eigenvalue weighted by molar-refractivity contribution is 9.10. The van der Waals surface area contributed by atoms with Crippen LogP contribution in [0.15, 0.2) is 39.4 Å². The lowest BCUT2D eigenvalue weighted by molar-refractivity contribution is 0.0964. The molecular weight excluding hydrogens is 441 g/mol. The molecule has 0 radical (unpaired) electrons. The third-order valence-electron chi connectivity index (χ3n) is 4.00. The highest BCUT2D eigenvalue weighted by Gasteiger charge is 2.26. The van der Waals surface area contributed by atoms with E-state index in [1.54, 1.807) is 0 Å². The number of nitrogens with one attached hydrogen (secondary N) is 1. The summed E-state index contributed by atoms with van der Waals surface area (Å²) < 4.78 is 44.0. The van der Waals surface area contributed by atoms with Crippen molar-refractivity contribution in [3.05, 3.63) is 46.3 Å². The van der Waals surface area contributed by atoms with E-state index < -0.39 is 21.7 Å². The largest absolute Gasteiger partial charge is 0.453 e. The third kappa shape index (κ3) is 3.54. The van der Waals surface area contributed by atoms with Gasteiger partial charge in [-0.1, -0.05) is 0 Å². The Morgan fingerprint density at radius 2 is 1.93 bits per heavy atom. The third-order valence-corrected chi connectivity index (χ3v) is 5.77. The number of nitrogens with zero attached hydrogens (tertiary/aromatic N) is 2. The Labute approximate surface area is 163 Å². The fourth-order valence-electron chi connectivity index (χ4n) is 2.53. The van der Waals surface area contributed by atoms with Crippen molar-refractivity contribution in [1.29, 1.82) is 0 Å². The van der Waals surface area contributed by atoms with Gasteiger partial charge in [0.2, 0.25) is 10.0 Å². The van der Waals surface area contributed by atoms with Crippen molar-refractivity contribution < 1.29 is 22.0 Å². The average molecular weight is 456 g/mol. The number of hydrogen-bond donors (Lipinski definition) is 1. The lowest BCUT2D eigenvalue weighted by Crippen LogP contribution is -2.25. The van der Waals surface area contributed by atoms with Crippen LogP contribution >= 0.6 is 15.9 Å². The lowest BCUT2D eigenvalue weighted by atomic mass is 10.1. The molecule has 1 N–H and O–H groups in total. The van der Waals surface area contributed by atoms with Crippen LogP contribution in [0, 0.1) is 5.82 Å². The second-order valence-electron chi connectivity index (χ2n) is 5.77. The lowest BCUT2D eigenvalue weighted by Gasteiger charge is -2.17. The van der Waals surface area contributed by atoms with Crippen molar-refractivity contribution in [2.75, 3.05) is 24.7 Å². The van der Waals surface area contributed by atoms with Crippen LogP contribution < -0.4 is 9.62 Å². The molecule has 0 aliphatic rings. The molecule has 0 spiro atoms. The molecule has 0 unspecified atom stereocenters. The van der Waals surface area contributed by atoms with Crippen LogP contribution in [-0.4, -0.2) is 39.7 Å². The van der Waals surface area contributed by atoms with E-state index in [-0.39, 0.29) is 32.7 Å². The van der Waals surface area contributed by atoms with Gasteiger partial charge in [-0.3, -0.25) is 9.10 Å². The van der Waals surface area contributed by atoms with Crippen LogP contribution in [0.3, 0.4) is 0 Å². The monoisotopic (exact) mass is 455 g/mol. The molecule has 0 aliphatic heterocycles. The van der Waals surface area contributed by atoms with Crippen LogP contribution in [0.2, 0.25) is 0 Å². The Kier molecular flexibility index (Phi) is 4.96. The van der Waals surface area contributed by atoms with Gasteiger partial charge in [0.1, 0.15) is 27.3 Å². The van der Waals surface area contributed by atoms with E-state index in [9.17, 15) is 17.6 Å². The Hall–Kier alpha value is -2.46. The van der Waals surface area contributed by atoms with Gasteiger partial charge in [-0.05, 0) is 40.2 Å². The van der Waals surface area contributed by atoms with Crippen molar-refractivity contribution in [1.82, 2.24) is 10.3 Å². The highest BCUT2D eigenvalue weighted by atomic mass is 79.9. The molecule has 7 nitrogen and oxygen atoms in total. The smallest absolute Gasteiger partial charge is 0.257 e. The summed E-state index contributed by atoms with van der Waals surface area (Å²) in [6.45, 7) is 0. The molecule has 0 saturated carbocycles. The van der Waals surface area contributed by atoms with Gasteiger partial charge in [0.25, 0.3) is 5.91 Å². The number of amides is 1. The fourth-order valence-corrected chi connectivity index (χ4v) is 3.70. The van der Waals surface area contributed by atoms with Crippen molar-refractivity contribution in [2.45, 2.75) is 0 Å². The number of rotatable bonds is 4. The van der Waals surface area contributed by atoms with Crippen LogP contribution in [0.4, 0.5) is 10.1 Å². The first-order valence-corrected chi connectivity index (χ1v) is 10.3. The van der Waals surface area contributed by atoms with E-state index in [4.69, 9.17) is 4.42 Å². The van der Waals surface area contributed by atoms with Crippen LogP contribution in [0.1, 0.15) is 10.4 Å². The molecule has 1 amide bonds. The second kappa shape index (κ2) is 6.93. The van der Waals surface area contributed by atoms with E-state index in [0.717, 1.165) is 10.6 Å². The molecule has 27 heavy (non-hydrogen) atoms. The molecule has 0 aliphatic carbocycles. The first-order chi connectivity index (χ1) is 12.6. The van der Waals surface area contributed by atoms with Gasteiger partial charge < -0.3 is 9.73 Å². The standard InChI is InChI=1S/C17H15BrFN3O4S/c1-20-17(23)13-14-12(26-15(13)9-4-6-10(19)7-5-9)8-11(16(18)21-14)22(2)27(3,24)25/h4-8H,1-3H3,(H,20,23). The van der Waals surface area contributed by atoms with Gasteiger partial charge in [-0.2, -0.15) is 0 Å². The molecule has 3 rings (SSSR count). The van der Waals surface area contributed by atoms with Gasteiger partial charge in [0, 0.05) is 25.7 Å². The van der Waals surface area contributed by atoms with Gasteiger partial charge in [-0.15, -0.1) is 0 Å². The zero-order valence-corrected chi connectivity index (χ0v) is 17.0. The Morgan fingerprint density at radius 3 is 2.48 bits per heavy atom. The van der Waals surface area contributed by atoms with Crippen molar-refractivity contribution >= 4 is 48.6 Å². The van der Waals surface area contributed by atoms with E-state index >= 15 is 0 Å². The summed E-state index contributed by atoms with van der Waals surface area (Å²) in [7, 11) is -0.677. The van der Waals surface area contributed by atoms with Crippen molar-refractivity contribution in [2.24, 2.45) is 0 Å². The highest BCUT2D eigenvalue weighted by Crippen LogP contribution is 2.37. The maximum Gasteiger partial charge on any atom is 0.257 e. The number of fused-ring (bicyclic) bond motifs is 1. The van der Waals surface area contributed by atoms with Gasteiger partial charge >= 0.3 is 0 Å². The van der Waals surface area contributed by atoms with Crippen LogP contribution in [0.5, 0.6) is 0 Å². The fraction of sp³-hybridized carbons (Fsp3) is 0.176. The van der Waals surface area contributed by atoms with E-state index in [1.807, 2.05) is 0 Å². The number of furan rings is 1. The van der Waals surface area contributed by atoms with Crippen molar-refractivity contribution in [3.63, 3.8) is 0 Å². The predicted octanol–water partition coefficient (Wildman–Crippen LogP) is 3.15. The number of carbonyl (C=O) groups is 1. The first kappa shape index (κ1) is 19.3. The molecular formula is C17H15BrFN3O4S. The zero-order chi connectivity index (χ0) is 19.9. The zero-order valence-electron chi connectivity index (χ0n) is 14.6. The minimum absolute atomic E-state index is 0.174. The molecule has 3 aromatic rings. The summed E-state index contributed by atoms with van der Waals surface area (Å²) in [6, 6.07) is 6.95. The second-order valence-corrected chi connectivity index (χ2v) is 8.53. The van der Waals surface area contributed by atoms with Gasteiger partial charge in [0.15, 0.2) is 5.58 Å². The minimum Gasteiger partial charge on any atom is -0.453 e. The van der Waals surface area contributed by atoms with E-state index in [2.05, 4.69) is 26.2 Å². The summed E-state index contributed by atoms with van der Waals surface area (Å²) in [4.78, 5) is 16.8. The Morgan fingerprint density at radius 1 is 1.30 bits per heavy atom. The van der Waals surface area contributed by atoms with Crippen LogP contribution in [-0.2, 0) is 10.0 Å². The molecule has 10 heteroatoms. The van der Waals surface area contributed by atoms with E-state index in [0.29, 0.717) is 5.56 Å². The quantitative estimate of drug-likeness (QED) is 0.609. The average Bonchev–Trinajstić information content (AvgIpc) is 2.97. The number of sulfonamides is 1. The summed E-state index contributed by atoms with van der Waals surface area (Å²) >= 11 is 3.25. The minimum atomic E-state index is -3.53. The van der Waals surface area contributed by atoms with Crippen LogP contribution in [0.25, 0.3) is 22.4 Å². The van der Waals surface area contributed by atoms with Crippen molar-refractivity contribution in [3.8, 4) is 11.3 Å². The maximum atomic E-state index is 13.2. The molecule has 0 atom stereocenters. The molecule has 0 fully saturated rings. The SMILES string of the molecule is CNC(=O)c1c(-c2ccc(F)cc2)oc2cc(N(C)S(C)(=O)=O)c(Br)nc12. The number of pyridine rings is 1. The molecule has 0 saturated heterocycles. The molecule has 2 heterocycles. The number of hydrogen-bond acceptors (Lipinski definition) is 5. The topological polar surface area (TPSA) is 92.5 Å². The van der Waals surface area contributed by atoms with Gasteiger partial charge in [0.05, 0.1) is 11.9 Å². The normalized spacial score (nSPS) is 11.6. The Bertz CT molecular complexity index is 1140. The Balaban J connectivity index is 2.30. The number of anilines is 1. The van der Waals surface area contributed by atoms with E-state index in [1.165, 1.54) is 44.4 Å². The maximum absolute atomic E-state index is 13.2. The van der Waals surface area contributed by atoms with Gasteiger partial charge in [-0.25, -0.2) is 17.8 Å². The number of carbonyl (C=O) groups excluding carboxylic acids is 1. The molecule has 1 aromatic carbocycles. The molecule has 0 bridgehead atoms. The number of halogens is 2. The number of benzene rings is 1. The summed E-state index contributed by atoms with van der Waals surface area (Å²) in [5.41, 5.74) is 1.40. The predicted molar refractivity (Wildman–Crippen MR) is 104 cm³/mol. The number of aromatic nitrogens is 1. The first-order valence-electron chi connectivity index (χ1n) is 7.68. The molecule has 2 aromatic heterocycles. The summed E-state index contributed by atoms with van der Waals surface area (Å²) in [5.74, 6) is -0.645. The molecule has 142 valence electrons. The summed E-state index contributed by atoms with van der Waals surface area (Å²) in [5, 5.41) is 2.53. The summed E-state index contributed by atoms with van der Waals surface area (Å²) in [6.07, 6.45) is 1.06.